The molecule has 25 heavy (non-hydrogen) atoms. The van der Waals surface area contributed by atoms with Gasteiger partial charge < -0.3 is 15.0 Å². The molecule has 2 rings (SSSR count). The van der Waals surface area contributed by atoms with Crippen molar-refractivity contribution in [1.82, 2.24) is 14.8 Å². The Hall–Kier alpha value is -2.39. The van der Waals surface area contributed by atoms with Crippen molar-refractivity contribution < 1.29 is 23.9 Å². The molecule has 1 aliphatic heterocycles. The number of pyridine rings is 1. The van der Waals surface area contributed by atoms with Gasteiger partial charge in [0.15, 0.2) is 12.4 Å². The van der Waals surface area contributed by atoms with E-state index in [0.717, 1.165) is 4.90 Å². The first-order valence-electron chi connectivity index (χ1n) is 7.02. The fourth-order valence-electron chi connectivity index (χ4n) is 1.96. The lowest BCUT2D eigenvalue weighted by Crippen LogP contribution is -2.37. The van der Waals surface area contributed by atoms with Crippen LogP contribution in [0.2, 0.25) is 10.0 Å². The molecule has 0 unspecified atom stereocenters. The summed E-state index contributed by atoms with van der Waals surface area (Å²) in [6, 6.07) is 0.827. The number of halogens is 2. The number of esters is 1. The molecule has 11 heteroatoms. The highest BCUT2D eigenvalue weighted by Gasteiger charge is 2.35. The molecule has 0 aromatic carbocycles. The van der Waals surface area contributed by atoms with Gasteiger partial charge >= 0.3 is 12.0 Å². The summed E-state index contributed by atoms with van der Waals surface area (Å²) >= 11 is 11.8. The maximum absolute atomic E-state index is 11.8. The van der Waals surface area contributed by atoms with E-state index in [1.54, 1.807) is 6.92 Å². The molecule has 0 aliphatic carbocycles. The van der Waals surface area contributed by atoms with E-state index in [1.807, 2.05) is 0 Å². The molecule has 0 radical (unpaired) electrons. The lowest BCUT2D eigenvalue weighted by atomic mass is 10.3. The molecular weight excluding hydrogens is 375 g/mol. The van der Waals surface area contributed by atoms with Gasteiger partial charge in [-0.3, -0.25) is 19.3 Å². The maximum atomic E-state index is 11.8. The van der Waals surface area contributed by atoms with Gasteiger partial charge in [-0.25, -0.2) is 9.78 Å². The van der Waals surface area contributed by atoms with Crippen molar-refractivity contribution in [3.05, 3.63) is 21.8 Å². The lowest BCUT2D eigenvalue weighted by molar-refractivity contribution is -0.149. The summed E-state index contributed by atoms with van der Waals surface area (Å²) in [5.41, 5.74) is 0.466. The molecule has 0 bridgehead atoms. The van der Waals surface area contributed by atoms with Crippen LogP contribution in [-0.2, 0) is 19.1 Å². The van der Waals surface area contributed by atoms with Crippen LogP contribution in [0.25, 0.3) is 0 Å². The Morgan fingerprint density at radius 2 is 2.00 bits per heavy atom. The number of nitrogens with one attached hydrogen (secondary N) is 1. The summed E-state index contributed by atoms with van der Waals surface area (Å²) < 4.78 is 4.75. The summed E-state index contributed by atoms with van der Waals surface area (Å²) in [6.45, 7) is 0.348. The number of ether oxygens (including phenoxy) is 1. The van der Waals surface area contributed by atoms with E-state index in [2.05, 4.69) is 10.3 Å². The fourth-order valence-corrected chi connectivity index (χ4v) is 2.37. The number of rotatable bonds is 5. The lowest BCUT2D eigenvalue weighted by Gasteiger charge is -2.13. The van der Waals surface area contributed by atoms with Crippen LogP contribution < -0.4 is 5.32 Å². The Morgan fingerprint density at radius 1 is 1.32 bits per heavy atom. The van der Waals surface area contributed by atoms with Crippen LogP contribution in [0.1, 0.15) is 5.69 Å². The van der Waals surface area contributed by atoms with Crippen LogP contribution in [0.5, 0.6) is 0 Å². The third-order valence-corrected chi connectivity index (χ3v) is 3.92. The summed E-state index contributed by atoms with van der Waals surface area (Å²) in [5.74, 6) is -2.00. The Balaban J connectivity index is 1.86. The highest BCUT2D eigenvalue weighted by Crippen LogP contribution is 2.25. The molecule has 0 atom stereocenters. The van der Waals surface area contributed by atoms with E-state index in [4.69, 9.17) is 27.9 Å². The van der Waals surface area contributed by atoms with Crippen LogP contribution in [0.15, 0.2) is 6.07 Å². The number of imide groups is 1. The van der Waals surface area contributed by atoms with Crippen molar-refractivity contribution in [2.24, 2.45) is 0 Å². The predicted octanol–water partition coefficient (Wildman–Crippen LogP) is 1.07. The number of hydrogen-bond acceptors (Lipinski definition) is 6. The minimum atomic E-state index is -0.890. The molecule has 0 saturated carbocycles. The van der Waals surface area contributed by atoms with Crippen LogP contribution in [0.3, 0.4) is 0 Å². The second-order valence-corrected chi connectivity index (χ2v) is 6.03. The number of carbonyl (C=O) groups excluding carboxylic acids is 4. The second kappa shape index (κ2) is 7.66. The van der Waals surface area contributed by atoms with Crippen LogP contribution >= 0.6 is 23.2 Å². The molecule has 1 fully saturated rings. The minimum Gasteiger partial charge on any atom is -0.454 e. The van der Waals surface area contributed by atoms with Crippen molar-refractivity contribution in [2.75, 3.05) is 32.1 Å². The largest absolute Gasteiger partial charge is 0.454 e. The first kappa shape index (κ1) is 18.9. The Bertz CT molecular complexity index is 755. The van der Waals surface area contributed by atoms with E-state index >= 15 is 0 Å². The van der Waals surface area contributed by atoms with E-state index in [-0.39, 0.29) is 17.4 Å². The number of aromatic nitrogens is 1. The van der Waals surface area contributed by atoms with E-state index < -0.39 is 37.0 Å². The van der Waals surface area contributed by atoms with Gasteiger partial charge in [0.1, 0.15) is 13.1 Å². The van der Waals surface area contributed by atoms with Gasteiger partial charge in [0.05, 0.1) is 15.7 Å². The van der Waals surface area contributed by atoms with Gasteiger partial charge in [-0.05, 0) is 13.0 Å². The monoisotopic (exact) mass is 388 g/mol. The predicted molar refractivity (Wildman–Crippen MR) is 88.3 cm³/mol. The number of hydrogen-bond donors (Lipinski definition) is 1. The molecule has 1 aliphatic rings. The minimum absolute atomic E-state index is 0.0798. The number of likely N-dealkylation sites (N-methyl/N-ethyl adjacent to an activating group) is 1. The average Bonchev–Trinajstić information content (AvgIpc) is 2.77. The van der Waals surface area contributed by atoms with Gasteiger partial charge in [-0.1, -0.05) is 23.2 Å². The van der Waals surface area contributed by atoms with Gasteiger partial charge in [0, 0.05) is 7.05 Å². The normalized spacial score (nSPS) is 14.1. The third-order valence-electron chi connectivity index (χ3n) is 3.25. The highest BCUT2D eigenvalue weighted by atomic mass is 35.5. The van der Waals surface area contributed by atoms with Crippen LogP contribution in [0, 0.1) is 6.92 Å². The molecule has 1 saturated heterocycles. The molecule has 9 nitrogen and oxygen atoms in total. The highest BCUT2D eigenvalue weighted by molar-refractivity contribution is 6.36. The van der Waals surface area contributed by atoms with Crippen molar-refractivity contribution in [3.8, 4) is 0 Å². The maximum Gasteiger partial charge on any atom is 0.327 e. The number of anilines is 1. The quantitative estimate of drug-likeness (QED) is 0.596. The van der Waals surface area contributed by atoms with E-state index in [0.29, 0.717) is 10.7 Å². The average molecular weight is 389 g/mol. The molecule has 134 valence electrons. The van der Waals surface area contributed by atoms with Gasteiger partial charge in [0.2, 0.25) is 0 Å². The zero-order valence-corrected chi connectivity index (χ0v) is 14.8. The summed E-state index contributed by atoms with van der Waals surface area (Å²) in [4.78, 5) is 52.6. The van der Waals surface area contributed by atoms with Crippen molar-refractivity contribution in [3.63, 3.8) is 0 Å². The first-order chi connectivity index (χ1) is 11.7. The van der Waals surface area contributed by atoms with Crippen molar-refractivity contribution in [2.45, 2.75) is 6.92 Å². The molecule has 1 aromatic heterocycles. The van der Waals surface area contributed by atoms with Crippen molar-refractivity contribution >= 4 is 52.8 Å². The molecule has 0 spiro atoms. The third kappa shape index (κ3) is 4.58. The fraction of sp³-hybridized carbons (Fsp3) is 0.357. The summed E-state index contributed by atoms with van der Waals surface area (Å²) in [7, 11) is 1.43. The molecular formula is C14H14Cl2N4O5. The second-order valence-electron chi connectivity index (χ2n) is 5.21. The van der Waals surface area contributed by atoms with Crippen molar-refractivity contribution in [1.29, 1.82) is 0 Å². The zero-order valence-electron chi connectivity index (χ0n) is 13.3. The summed E-state index contributed by atoms with van der Waals surface area (Å²) in [6.07, 6.45) is 0. The Labute approximate surface area is 152 Å². The van der Waals surface area contributed by atoms with E-state index in [9.17, 15) is 19.2 Å². The smallest absolute Gasteiger partial charge is 0.327 e. The van der Waals surface area contributed by atoms with Gasteiger partial charge in [-0.15, -0.1) is 0 Å². The SMILES string of the molecule is Cc1nc(NC(=O)COC(=O)CN2C(=O)CN(C)C2=O)c(Cl)cc1Cl. The summed E-state index contributed by atoms with van der Waals surface area (Å²) in [5, 5.41) is 2.86. The van der Waals surface area contributed by atoms with Crippen LogP contribution in [-0.4, -0.2) is 65.3 Å². The molecule has 1 aromatic rings. The van der Waals surface area contributed by atoms with E-state index in [1.165, 1.54) is 18.0 Å². The number of amides is 4. The van der Waals surface area contributed by atoms with Crippen LogP contribution in [0.4, 0.5) is 10.6 Å². The zero-order chi connectivity index (χ0) is 18.7. The number of carbonyl (C=O) groups is 4. The Kier molecular flexibility index (Phi) is 5.81. The number of urea groups is 1. The number of nitrogens with zero attached hydrogens (tertiary/aromatic N) is 3. The first-order valence-corrected chi connectivity index (χ1v) is 7.78. The molecule has 1 N–H and O–H groups in total. The standard InChI is InChI=1S/C14H14Cl2N4O5/c1-7-8(15)3-9(16)13(17-7)18-10(21)6-25-12(23)5-20-11(22)4-19(2)14(20)24/h3H,4-6H2,1-2H3,(H,17,18,21). The number of aryl methyl sites for hydroxylation is 1. The van der Waals surface area contributed by atoms with Gasteiger partial charge in [-0.2, -0.15) is 0 Å². The van der Waals surface area contributed by atoms with Gasteiger partial charge in [0.25, 0.3) is 11.8 Å². The Morgan fingerprint density at radius 3 is 2.60 bits per heavy atom. The molecule has 4 amide bonds. The molecule has 2 heterocycles. The topological polar surface area (TPSA) is 109 Å².